The van der Waals surface area contributed by atoms with Gasteiger partial charge in [-0.25, -0.2) is 4.98 Å². The quantitative estimate of drug-likeness (QED) is 0.734. The van der Waals surface area contributed by atoms with Crippen LogP contribution in [0.2, 0.25) is 0 Å². The highest BCUT2D eigenvalue weighted by molar-refractivity contribution is 6.10. The summed E-state index contributed by atoms with van der Waals surface area (Å²) in [6.07, 6.45) is 4.71. The maximum Gasteiger partial charge on any atom is 0.248 e. The topological polar surface area (TPSA) is 77.5 Å². The molecule has 0 atom stereocenters. The van der Waals surface area contributed by atoms with Gasteiger partial charge >= 0.3 is 0 Å². The van der Waals surface area contributed by atoms with Gasteiger partial charge in [-0.1, -0.05) is 19.9 Å². The first-order chi connectivity index (χ1) is 11.6. The van der Waals surface area contributed by atoms with Crippen molar-refractivity contribution < 1.29 is 9.59 Å². The van der Waals surface area contributed by atoms with Crippen molar-refractivity contribution in [1.29, 1.82) is 0 Å². The first-order valence-corrected chi connectivity index (χ1v) is 7.99. The minimum Gasteiger partial charge on any atom is -0.366 e. The van der Waals surface area contributed by atoms with Crippen LogP contribution in [0.3, 0.4) is 0 Å². The van der Waals surface area contributed by atoms with E-state index in [1.807, 2.05) is 38.2 Å². The summed E-state index contributed by atoms with van der Waals surface area (Å²) in [7, 11) is 0. The molecule has 1 aromatic carbocycles. The Labute approximate surface area is 140 Å². The SMILES string of the molecule is CCc1c(C(N)=O)ccc(C(=O)c2cnc3ccccn23)c1CC. The Morgan fingerprint density at radius 2 is 1.71 bits per heavy atom. The van der Waals surface area contributed by atoms with Gasteiger partial charge in [0.25, 0.3) is 0 Å². The molecule has 2 N–H and O–H groups in total. The second-order valence-corrected chi connectivity index (χ2v) is 5.59. The van der Waals surface area contributed by atoms with E-state index in [2.05, 4.69) is 4.98 Å². The fourth-order valence-electron chi connectivity index (χ4n) is 3.18. The lowest BCUT2D eigenvalue weighted by Crippen LogP contribution is -2.17. The Bertz CT molecular complexity index is 941. The molecule has 5 heteroatoms. The summed E-state index contributed by atoms with van der Waals surface area (Å²) < 4.78 is 1.77. The van der Waals surface area contributed by atoms with E-state index in [-0.39, 0.29) is 5.78 Å². The maximum absolute atomic E-state index is 13.1. The number of pyridine rings is 1. The van der Waals surface area contributed by atoms with Gasteiger partial charge in [0.2, 0.25) is 11.7 Å². The largest absolute Gasteiger partial charge is 0.366 e. The van der Waals surface area contributed by atoms with Gasteiger partial charge in [-0.05, 0) is 48.2 Å². The third-order valence-electron chi connectivity index (χ3n) is 4.30. The van der Waals surface area contributed by atoms with Crippen LogP contribution in [0.15, 0.2) is 42.7 Å². The predicted molar refractivity (Wildman–Crippen MR) is 92.3 cm³/mol. The zero-order valence-corrected chi connectivity index (χ0v) is 13.7. The molecule has 0 saturated heterocycles. The number of hydrogen-bond donors (Lipinski definition) is 1. The van der Waals surface area contributed by atoms with Gasteiger partial charge in [0.1, 0.15) is 11.3 Å². The molecule has 0 aliphatic carbocycles. The first-order valence-electron chi connectivity index (χ1n) is 7.99. The molecule has 0 bridgehead atoms. The minimum absolute atomic E-state index is 0.101. The van der Waals surface area contributed by atoms with E-state index in [1.165, 1.54) is 0 Å². The van der Waals surface area contributed by atoms with E-state index in [9.17, 15) is 9.59 Å². The molecule has 0 unspecified atom stereocenters. The summed E-state index contributed by atoms with van der Waals surface area (Å²) in [6, 6.07) is 8.94. The highest BCUT2D eigenvalue weighted by Crippen LogP contribution is 2.24. The van der Waals surface area contributed by atoms with E-state index in [1.54, 1.807) is 22.7 Å². The molecule has 0 aliphatic heterocycles. The molecule has 0 fully saturated rings. The standard InChI is InChI=1S/C19H19N3O2/c1-3-12-13(4-2)15(19(20)24)9-8-14(12)18(23)16-11-21-17-7-5-6-10-22(16)17/h5-11H,3-4H2,1-2H3,(H2,20,24). The average molecular weight is 321 g/mol. The van der Waals surface area contributed by atoms with E-state index in [0.29, 0.717) is 29.7 Å². The highest BCUT2D eigenvalue weighted by atomic mass is 16.1. The number of imidazole rings is 1. The molecule has 3 rings (SSSR count). The number of nitrogens with two attached hydrogens (primary N) is 1. The van der Waals surface area contributed by atoms with Crippen molar-refractivity contribution in [2.75, 3.05) is 0 Å². The van der Waals surface area contributed by atoms with E-state index < -0.39 is 5.91 Å². The molecule has 0 aliphatic rings. The van der Waals surface area contributed by atoms with Crippen molar-refractivity contribution in [1.82, 2.24) is 9.38 Å². The number of primary amides is 1. The summed E-state index contributed by atoms with van der Waals surface area (Å²) in [5, 5.41) is 0. The molecule has 0 saturated carbocycles. The normalized spacial score (nSPS) is 10.9. The minimum atomic E-state index is -0.463. The van der Waals surface area contributed by atoms with Crippen LogP contribution in [-0.4, -0.2) is 21.1 Å². The van der Waals surface area contributed by atoms with Crippen LogP contribution in [0.4, 0.5) is 0 Å². The molecule has 2 aromatic heterocycles. The van der Waals surface area contributed by atoms with Crippen LogP contribution in [0, 0.1) is 0 Å². The molecular formula is C19H19N3O2. The van der Waals surface area contributed by atoms with Gasteiger partial charge in [-0.15, -0.1) is 0 Å². The first kappa shape index (κ1) is 15.9. The third kappa shape index (κ3) is 2.48. The third-order valence-corrected chi connectivity index (χ3v) is 4.30. The summed E-state index contributed by atoms with van der Waals surface area (Å²) in [5.41, 5.74) is 9.53. The number of rotatable bonds is 5. The molecule has 3 aromatic rings. The lowest BCUT2D eigenvalue weighted by atomic mass is 9.90. The smallest absolute Gasteiger partial charge is 0.248 e. The number of amides is 1. The van der Waals surface area contributed by atoms with E-state index in [4.69, 9.17) is 5.73 Å². The second kappa shape index (κ2) is 6.28. The molecule has 24 heavy (non-hydrogen) atoms. The molecular weight excluding hydrogens is 302 g/mol. The Morgan fingerprint density at radius 3 is 2.38 bits per heavy atom. The Hall–Kier alpha value is -2.95. The number of benzene rings is 1. The van der Waals surface area contributed by atoms with Crippen molar-refractivity contribution in [2.24, 2.45) is 5.73 Å². The van der Waals surface area contributed by atoms with E-state index in [0.717, 1.165) is 16.8 Å². The van der Waals surface area contributed by atoms with Crippen molar-refractivity contribution in [3.8, 4) is 0 Å². The molecule has 2 heterocycles. The number of fused-ring (bicyclic) bond motifs is 1. The predicted octanol–water partition coefficient (Wildman–Crippen LogP) is 2.79. The van der Waals surface area contributed by atoms with Crippen LogP contribution in [0.25, 0.3) is 5.65 Å². The molecule has 0 radical (unpaired) electrons. The van der Waals surface area contributed by atoms with Gasteiger partial charge in [-0.2, -0.15) is 0 Å². The van der Waals surface area contributed by atoms with Gasteiger partial charge < -0.3 is 5.73 Å². The number of nitrogens with zero attached hydrogens (tertiary/aromatic N) is 2. The lowest BCUT2D eigenvalue weighted by Gasteiger charge is -2.15. The monoisotopic (exact) mass is 321 g/mol. The van der Waals surface area contributed by atoms with Gasteiger partial charge in [-0.3, -0.25) is 14.0 Å². The second-order valence-electron chi connectivity index (χ2n) is 5.59. The van der Waals surface area contributed by atoms with Crippen molar-refractivity contribution >= 4 is 17.3 Å². The number of carbonyl (C=O) groups is 2. The summed E-state index contributed by atoms with van der Waals surface area (Å²) in [4.78, 5) is 29.0. The Balaban J connectivity index is 2.18. The fourth-order valence-corrected chi connectivity index (χ4v) is 3.18. The molecule has 1 amide bonds. The van der Waals surface area contributed by atoms with Crippen LogP contribution in [0.1, 0.15) is 51.4 Å². The highest BCUT2D eigenvalue weighted by Gasteiger charge is 2.21. The zero-order chi connectivity index (χ0) is 17.3. The molecule has 122 valence electrons. The zero-order valence-electron chi connectivity index (χ0n) is 13.7. The number of carbonyl (C=O) groups excluding carboxylic acids is 2. The summed E-state index contributed by atoms with van der Waals surface area (Å²) in [5.74, 6) is -0.563. The Morgan fingerprint density at radius 1 is 1.04 bits per heavy atom. The van der Waals surface area contributed by atoms with Crippen molar-refractivity contribution in [2.45, 2.75) is 26.7 Å². The van der Waals surface area contributed by atoms with Crippen molar-refractivity contribution in [3.05, 3.63) is 70.7 Å². The van der Waals surface area contributed by atoms with Crippen LogP contribution in [0.5, 0.6) is 0 Å². The van der Waals surface area contributed by atoms with Gasteiger partial charge in [0.15, 0.2) is 0 Å². The van der Waals surface area contributed by atoms with Crippen LogP contribution < -0.4 is 5.73 Å². The van der Waals surface area contributed by atoms with Gasteiger partial charge in [0.05, 0.1) is 6.20 Å². The number of aromatic nitrogens is 2. The Kier molecular flexibility index (Phi) is 4.16. The van der Waals surface area contributed by atoms with Crippen LogP contribution in [-0.2, 0) is 12.8 Å². The van der Waals surface area contributed by atoms with Gasteiger partial charge in [0, 0.05) is 17.3 Å². The summed E-state index contributed by atoms with van der Waals surface area (Å²) in [6.45, 7) is 3.94. The summed E-state index contributed by atoms with van der Waals surface area (Å²) >= 11 is 0. The molecule has 0 spiro atoms. The number of ketones is 1. The number of hydrogen-bond acceptors (Lipinski definition) is 3. The van der Waals surface area contributed by atoms with E-state index >= 15 is 0 Å². The van der Waals surface area contributed by atoms with Crippen molar-refractivity contribution in [3.63, 3.8) is 0 Å². The van der Waals surface area contributed by atoms with Crippen LogP contribution >= 0.6 is 0 Å². The molecule has 5 nitrogen and oxygen atoms in total. The maximum atomic E-state index is 13.1. The fraction of sp³-hybridized carbons (Fsp3) is 0.211. The average Bonchev–Trinajstić information content (AvgIpc) is 3.03. The lowest BCUT2D eigenvalue weighted by molar-refractivity contribution is 0.0995.